The number of methoxy groups -OCH3 is 1. The Morgan fingerprint density at radius 1 is 1.08 bits per heavy atom. The standard InChI is InChI=1S/C33H41F3N7O6P/c1-5-32(6-2,50(45,46)47)20-7-8-24(27(15-20)48-4)39-31-37-16-23(33(34,35)36)29(40-31)38-25-9-10-26(22-18-41(3)30(44)28(22)25)43-12-11-42-13-14-49-19-21(42)17-43/h7-10,15-16,21H,5-6,11-14,17-19H2,1-4H3,(H2,45,46,47)(H2,37,38,39,40). The SMILES string of the molecule is CCC(CC)(c1ccc(Nc2ncc(C(F)(F)F)c(Nc3ccc(N4CCN5CCOCC5C4)c4c3C(=O)N(C)C4)n2)c(OC)c1)P(=O)(O)O. The van der Waals surface area contributed by atoms with Crippen molar-refractivity contribution < 1.29 is 41.8 Å². The smallest absolute Gasteiger partial charge is 0.421 e. The number of morpholine rings is 1. The number of benzene rings is 2. The van der Waals surface area contributed by atoms with Crippen LogP contribution in [-0.2, 0) is 27.2 Å². The van der Waals surface area contributed by atoms with Gasteiger partial charge in [0.2, 0.25) is 5.95 Å². The summed E-state index contributed by atoms with van der Waals surface area (Å²) in [5.74, 6) is -0.903. The molecule has 17 heteroatoms. The molecule has 4 heterocycles. The van der Waals surface area contributed by atoms with E-state index in [0.717, 1.165) is 30.9 Å². The highest BCUT2D eigenvalue weighted by atomic mass is 31.2. The normalized spacial score (nSPS) is 18.6. The maximum absolute atomic E-state index is 14.3. The van der Waals surface area contributed by atoms with Gasteiger partial charge in [0.05, 0.1) is 48.5 Å². The molecule has 0 aliphatic carbocycles. The van der Waals surface area contributed by atoms with Crippen molar-refractivity contribution in [3.05, 3.63) is 58.8 Å². The van der Waals surface area contributed by atoms with Crippen molar-refractivity contribution in [3.63, 3.8) is 0 Å². The van der Waals surface area contributed by atoms with Gasteiger partial charge in [-0.3, -0.25) is 14.3 Å². The summed E-state index contributed by atoms with van der Waals surface area (Å²) in [6, 6.07) is 8.19. The summed E-state index contributed by atoms with van der Waals surface area (Å²) < 4.78 is 66.6. The molecule has 1 amide bonds. The van der Waals surface area contributed by atoms with Crippen molar-refractivity contribution in [2.24, 2.45) is 0 Å². The Balaban J connectivity index is 1.34. The molecular formula is C33H41F3N7O6P. The van der Waals surface area contributed by atoms with E-state index < -0.39 is 30.3 Å². The van der Waals surface area contributed by atoms with E-state index >= 15 is 0 Å². The molecule has 1 atom stereocenters. The van der Waals surface area contributed by atoms with E-state index in [0.29, 0.717) is 38.1 Å². The number of hydrogen-bond donors (Lipinski definition) is 4. The number of anilines is 5. The fraction of sp³-hybridized carbons (Fsp3) is 0.485. The largest absolute Gasteiger partial charge is 0.495 e. The quantitative estimate of drug-likeness (QED) is 0.202. The minimum absolute atomic E-state index is 0.163. The number of fused-ring (bicyclic) bond motifs is 2. The van der Waals surface area contributed by atoms with Crippen LogP contribution >= 0.6 is 7.60 Å². The third kappa shape index (κ3) is 6.50. The zero-order chi connectivity index (χ0) is 36.0. The van der Waals surface area contributed by atoms with Crippen LogP contribution < -0.4 is 20.3 Å². The van der Waals surface area contributed by atoms with Crippen molar-refractivity contribution in [1.82, 2.24) is 19.8 Å². The molecule has 0 saturated carbocycles. The predicted octanol–water partition coefficient (Wildman–Crippen LogP) is 5.29. The first-order valence-corrected chi connectivity index (χ1v) is 18.0. The summed E-state index contributed by atoms with van der Waals surface area (Å²) in [6.45, 7) is 8.15. The second-order valence-electron chi connectivity index (χ2n) is 12.8. The van der Waals surface area contributed by atoms with E-state index in [-0.39, 0.29) is 53.4 Å². The number of halogens is 3. The van der Waals surface area contributed by atoms with Gasteiger partial charge >= 0.3 is 13.8 Å². The second-order valence-corrected chi connectivity index (χ2v) is 14.7. The minimum atomic E-state index is -4.82. The van der Waals surface area contributed by atoms with E-state index in [1.807, 2.05) is 6.07 Å². The maximum Gasteiger partial charge on any atom is 0.421 e. The Hall–Kier alpha value is -3.95. The van der Waals surface area contributed by atoms with Gasteiger partial charge in [-0.2, -0.15) is 18.2 Å². The lowest BCUT2D eigenvalue weighted by Gasteiger charge is -2.45. The van der Waals surface area contributed by atoms with Crippen molar-refractivity contribution in [1.29, 1.82) is 0 Å². The van der Waals surface area contributed by atoms with Crippen LogP contribution in [-0.4, -0.2) is 95.1 Å². The lowest BCUT2D eigenvalue weighted by Crippen LogP contribution is -2.58. The Morgan fingerprint density at radius 2 is 1.82 bits per heavy atom. The van der Waals surface area contributed by atoms with Crippen molar-refractivity contribution in [2.75, 3.05) is 69.1 Å². The van der Waals surface area contributed by atoms with E-state index in [2.05, 4.69) is 30.4 Å². The van der Waals surface area contributed by atoms with E-state index in [1.54, 1.807) is 27.0 Å². The highest BCUT2D eigenvalue weighted by molar-refractivity contribution is 7.53. The second kappa shape index (κ2) is 13.6. The first kappa shape index (κ1) is 35.9. The third-order valence-corrected chi connectivity index (χ3v) is 12.1. The molecule has 3 aliphatic heterocycles. The Morgan fingerprint density at radius 3 is 2.50 bits per heavy atom. The summed E-state index contributed by atoms with van der Waals surface area (Å²) in [7, 11) is -1.57. The number of amides is 1. The number of alkyl halides is 3. The maximum atomic E-state index is 14.3. The number of nitrogens with one attached hydrogen (secondary N) is 2. The molecule has 3 aromatic rings. The molecule has 2 aromatic carbocycles. The van der Waals surface area contributed by atoms with Gasteiger partial charge < -0.3 is 39.7 Å². The lowest BCUT2D eigenvalue weighted by molar-refractivity contribution is -0.137. The van der Waals surface area contributed by atoms with Crippen LogP contribution in [0.2, 0.25) is 0 Å². The zero-order valence-electron chi connectivity index (χ0n) is 28.3. The molecule has 1 unspecified atom stereocenters. The van der Waals surface area contributed by atoms with E-state index in [1.165, 1.54) is 30.2 Å². The first-order valence-electron chi connectivity index (χ1n) is 16.4. The van der Waals surface area contributed by atoms with Gasteiger partial charge in [-0.25, -0.2) is 4.98 Å². The molecule has 13 nitrogen and oxygen atoms in total. The number of carbonyl (C=O) groups is 1. The molecule has 2 fully saturated rings. The highest BCUT2D eigenvalue weighted by Crippen LogP contribution is 2.61. The first-order chi connectivity index (χ1) is 23.7. The lowest BCUT2D eigenvalue weighted by atomic mass is 9.92. The molecule has 0 radical (unpaired) electrons. The average Bonchev–Trinajstić information content (AvgIpc) is 3.38. The number of carbonyl (C=O) groups excluding carboxylic acids is 1. The molecule has 50 heavy (non-hydrogen) atoms. The van der Waals surface area contributed by atoms with Gasteiger partial charge in [-0.1, -0.05) is 19.9 Å². The van der Waals surface area contributed by atoms with E-state index in [9.17, 15) is 32.3 Å². The molecular weight excluding hydrogens is 678 g/mol. The number of rotatable bonds is 10. The van der Waals surface area contributed by atoms with E-state index in [4.69, 9.17) is 9.47 Å². The highest BCUT2D eigenvalue weighted by Gasteiger charge is 2.46. The number of ether oxygens (including phenoxy) is 2. The Bertz CT molecular complexity index is 1820. The monoisotopic (exact) mass is 719 g/mol. The van der Waals surface area contributed by atoms with Crippen LogP contribution in [0.5, 0.6) is 5.75 Å². The zero-order valence-corrected chi connectivity index (χ0v) is 29.1. The minimum Gasteiger partial charge on any atom is -0.495 e. The summed E-state index contributed by atoms with van der Waals surface area (Å²) >= 11 is 0. The number of aromatic nitrogens is 2. The van der Waals surface area contributed by atoms with Crippen LogP contribution in [0.4, 0.5) is 42.0 Å². The molecule has 0 spiro atoms. The number of piperazine rings is 1. The predicted molar refractivity (Wildman–Crippen MR) is 182 cm³/mol. The fourth-order valence-electron chi connectivity index (χ4n) is 7.22. The van der Waals surface area contributed by atoms with Crippen LogP contribution in [0, 0.1) is 0 Å². The molecule has 4 N–H and O–H groups in total. The van der Waals surface area contributed by atoms with Crippen molar-refractivity contribution in [2.45, 2.75) is 50.6 Å². The van der Waals surface area contributed by atoms with Gasteiger partial charge in [0, 0.05) is 57.2 Å². The number of hydrogen-bond acceptors (Lipinski definition) is 10. The molecule has 3 aliphatic rings. The van der Waals surface area contributed by atoms with Crippen LogP contribution in [0.15, 0.2) is 36.5 Å². The van der Waals surface area contributed by atoms with Gasteiger partial charge in [0.15, 0.2) is 0 Å². The average molecular weight is 720 g/mol. The third-order valence-electron chi connectivity index (χ3n) is 10.1. The summed E-state index contributed by atoms with van der Waals surface area (Å²) in [5, 5.41) is 4.23. The fourth-order valence-corrected chi connectivity index (χ4v) is 8.52. The summed E-state index contributed by atoms with van der Waals surface area (Å²) in [4.78, 5) is 48.1. The Labute approximate surface area is 287 Å². The van der Waals surface area contributed by atoms with Crippen molar-refractivity contribution in [3.8, 4) is 5.75 Å². The van der Waals surface area contributed by atoms with Crippen LogP contribution in [0.3, 0.4) is 0 Å². The van der Waals surface area contributed by atoms with Gasteiger partial charge in [-0.05, 0) is 42.7 Å². The molecule has 270 valence electrons. The summed E-state index contributed by atoms with van der Waals surface area (Å²) in [6.07, 6.45) is -3.84. The van der Waals surface area contributed by atoms with Gasteiger partial charge in [0.1, 0.15) is 17.1 Å². The van der Waals surface area contributed by atoms with Gasteiger partial charge in [-0.15, -0.1) is 0 Å². The summed E-state index contributed by atoms with van der Waals surface area (Å²) in [5.41, 5.74) is 1.54. The van der Waals surface area contributed by atoms with Crippen molar-refractivity contribution >= 4 is 42.3 Å². The molecule has 6 rings (SSSR count). The topological polar surface area (TPSA) is 153 Å². The molecule has 1 aromatic heterocycles. The Kier molecular flexibility index (Phi) is 9.78. The van der Waals surface area contributed by atoms with Crippen LogP contribution in [0.1, 0.15) is 53.7 Å². The number of nitrogens with zero attached hydrogens (tertiary/aromatic N) is 5. The molecule has 0 bridgehead atoms. The molecule has 2 saturated heterocycles. The van der Waals surface area contributed by atoms with Crippen LogP contribution in [0.25, 0.3) is 0 Å². The van der Waals surface area contributed by atoms with Gasteiger partial charge in [0.25, 0.3) is 5.91 Å².